The zero-order valence-electron chi connectivity index (χ0n) is 17.8. The Morgan fingerprint density at radius 3 is 1.81 bits per heavy atom. The molecule has 164 valence electrons. The van der Waals surface area contributed by atoms with Gasteiger partial charge in [0.25, 0.3) is 5.91 Å². The number of sulfonamides is 1. The molecular formula is C25H24N2O4S. The second-order valence-electron chi connectivity index (χ2n) is 7.78. The summed E-state index contributed by atoms with van der Waals surface area (Å²) >= 11 is 0. The number of amides is 1. The minimum atomic E-state index is -3.58. The van der Waals surface area contributed by atoms with Crippen molar-refractivity contribution in [1.29, 1.82) is 0 Å². The van der Waals surface area contributed by atoms with Crippen molar-refractivity contribution in [2.45, 2.75) is 11.8 Å². The number of hydrogen-bond donors (Lipinski definition) is 0. The lowest BCUT2D eigenvalue weighted by Gasteiger charge is -2.34. The van der Waals surface area contributed by atoms with Crippen LogP contribution in [0, 0.1) is 6.92 Å². The second kappa shape index (κ2) is 9.06. The van der Waals surface area contributed by atoms with Crippen LogP contribution in [-0.4, -0.2) is 55.5 Å². The summed E-state index contributed by atoms with van der Waals surface area (Å²) in [5.74, 6) is -0.268. The fourth-order valence-electron chi connectivity index (χ4n) is 3.69. The van der Waals surface area contributed by atoms with Gasteiger partial charge in [-0.2, -0.15) is 4.31 Å². The highest BCUT2D eigenvalue weighted by molar-refractivity contribution is 7.89. The van der Waals surface area contributed by atoms with E-state index in [1.165, 1.54) is 4.31 Å². The monoisotopic (exact) mass is 448 g/mol. The predicted molar refractivity (Wildman–Crippen MR) is 122 cm³/mol. The molecule has 1 heterocycles. The maximum atomic E-state index is 12.9. The molecule has 6 nitrogen and oxygen atoms in total. The van der Waals surface area contributed by atoms with E-state index in [0.29, 0.717) is 29.8 Å². The van der Waals surface area contributed by atoms with Gasteiger partial charge >= 0.3 is 0 Å². The van der Waals surface area contributed by atoms with Crippen molar-refractivity contribution >= 4 is 21.7 Å². The Balaban J connectivity index is 1.40. The number of nitrogens with zero attached hydrogens (tertiary/aromatic N) is 2. The molecule has 0 aliphatic carbocycles. The van der Waals surface area contributed by atoms with Gasteiger partial charge in [0, 0.05) is 42.9 Å². The summed E-state index contributed by atoms with van der Waals surface area (Å²) in [6, 6.07) is 22.4. The molecule has 7 heteroatoms. The van der Waals surface area contributed by atoms with E-state index in [2.05, 4.69) is 0 Å². The molecule has 1 fully saturated rings. The van der Waals surface area contributed by atoms with Gasteiger partial charge in [-0.15, -0.1) is 0 Å². The molecule has 3 aromatic carbocycles. The molecule has 0 saturated carbocycles. The fraction of sp³-hybridized carbons (Fsp3) is 0.200. The predicted octanol–water partition coefficient (Wildman–Crippen LogP) is 3.37. The van der Waals surface area contributed by atoms with Crippen LogP contribution in [0.2, 0.25) is 0 Å². The molecular weight excluding hydrogens is 424 g/mol. The maximum absolute atomic E-state index is 12.9. The van der Waals surface area contributed by atoms with Gasteiger partial charge in [-0.05, 0) is 31.2 Å². The average Bonchev–Trinajstić information content (AvgIpc) is 2.84. The molecule has 3 aromatic rings. The van der Waals surface area contributed by atoms with Crippen LogP contribution in [0.1, 0.15) is 31.8 Å². The van der Waals surface area contributed by atoms with E-state index < -0.39 is 10.0 Å². The highest BCUT2D eigenvalue weighted by atomic mass is 32.2. The van der Waals surface area contributed by atoms with E-state index >= 15 is 0 Å². The molecule has 32 heavy (non-hydrogen) atoms. The van der Waals surface area contributed by atoms with Crippen molar-refractivity contribution in [2.75, 3.05) is 26.2 Å². The number of piperazine rings is 1. The number of rotatable bonds is 5. The first-order valence-electron chi connectivity index (χ1n) is 10.4. The van der Waals surface area contributed by atoms with Crippen molar-refractivity contribution in [3.05, 3.63) is 101 Å². The Kier molecular flexibility index (Phi) is 6.21. The quantitative estimate of drug-likeness (QED) is 0.561. The first-order valence-corrected chi connectivity index (χ1v) is 11.9. The van der Waals surface area contributed by atoms with E-state index in [4.69, 9.17) is 0 Å². The molecule has 0 bridgehead atoms. The molecule has 0 N–H and O–H groups in total. The van der Waals surface area contributed by atoms with Crippen molar-refractivity contribution in [1.82, 2.24) is 9.21 Å². The summed E-state index contributed by atoms with van der Waals surface area (Å²) in [6.07, 6.45) is 0. The fourth-order valence-corrected chi connectivity index (χ4v) is 5.12. The van der Waals surface area contributed by atoms with Gasteiger partial charge in [0.2, 0.25) is 10.0 Å². The average molecular weight is 449 g/mol. The molecule has 0 spiro atoms. The molecule has 0 atom stereocenters. The minimum Gasteiger partial charge on any atom is -0.336 e. The van der Waals surface area contributed by atoms with Crippen LogP contribution in [-0.2, 0) is 10.0 Å². The van der Waals surface area contributed by atoms with Gasteiger partial charge in [0.05, 0.1) is 4.90 Å². The minimum absolute atomic E-state index is 0.0977. The molecule has 1 amide bonds. The third-order valence-electron chi connectivity index (χ3n) is 5.61. The van der Waals surface area contributed by atoms with Crippen molar-refractivity contribution < 1.29 is 18.0 Å². The Hall–Kier alpha value is -3.29. The highest BCUT2D eigenvalue weighted by Gasteiger charge is 2.30. The summed E-state index contributed by atoms with van der Waals surface area (Å²) in [7, 11) is -3.58. The van der Waals surface area contributed by atoms with Gasteiger partial charge in [0.1, 0.15) is 0 Å². The Morgan fingerprint density at radius 1 is 0.688 bits per heavy atom. The third-order valence-corrected chi connectivity index (χ3v) is 7.53. The molecule has 0 aromatic heterocycles. The van der Waals surface area contributed by atoms with Gasteiger partial charge < -0.3 is 4.90 Å². The first kappa shape index (κ1) is 21.9. The van der Waals surface area contributed by atoms with Crippen LogP contribution in [0.25, 0.3) is 0 Å². The van der Waals surface area contributed by atoms with Gasteiger partial charge in [-0.3, -0.25) is 9.59 Å². The topological polar surface area (TPSA) is 74.8 Å². The standard InChI is InChI=1S/C25H24N2O4S/c1-19-7-13-23(14-8-19)32(30,31)27-17-15-26(16-18-27)25(29)22-11-9-21(10-12-22)24(28)20-5-3-2-4-6-20/h2-14H,15-18H2,1H3. The van der Waals surface area contributed by atoms with Crippen molar-refractivity contribution in [3.63, 3.8) is 0 Å². The summed E-state index contributed by atoms with van der Waals surface area (Å²) < 4.78 is 27.1. The van der Waals surface area contributed by atoms with Crippen LogP contribution in [0.4, 0.5) is 0 Å². The molecule has 4 rings (SSSR count). The first-order chi connectivity index (χ1) is 15.4. The van der Waals surface area contributed by atoms with Crippen LogP contribution < -0.4 is 0 Å². The lowest BCUT2D eigenvalue weighted by atomic mass is 10.0. The van der Waals surface area contributed by atoms with Crippen LogP contribution in [0.5, 0.6) is 0 Å². The van der Waals surface area contributed by atoms with Crippen LogP contribution in [0.3, 0.4) is 0 Å². The van der Waals surface area contributed by atoms with E-state index in [1.807, 2.05) is 25.1 Å². The lowest BCUT2D eigenvalue weighted by Crippen LogP contribution is -2.50. The summed E-state index contributed by atoms with van der Waals surface area (Å²) in [6.45, 7) is 3.02. The lowest BCUT2D eigenvalue weighted by molar-refractivity contribution is 0.0697. The van der Waals surface area contributed by atoms with Gasteiger partial charge in [0.15, 0.2) is 5.78 Å². The summed E-state index contributed by atoms with van der Waals surface area (Å²) in [5, 5.41) is 0. The van der Waals surface area contributed by atoms with Crippen molar-refractivity contribution in [2.24, 2.45) is 0 Å². The Morgan fingerprint density at radius 2 is 1.22 bits per heavy atom. The SMILES string of the molecule is Cc1ccc(S(=O)(=O)N2CCN(C(=O)c3ccc(C(=O)c4ccccc4)cc3)CC2)cc1. The number of carbonyl (C=O) groups is 2. The van der Waals surface area contributed by atoms with Gasteiger partial charge in [-0.1, -0.05) is 60.2 Å². The largest absolute Gasteiger partial charge is 0.336 e. The van der Waals surface area contributed by atoms with Crippen molar-refractivity contribution in [3.8, 4) is 0 Å². The zero-order chi connectivity index (χ0) is 22.7. The number of hydrogen-bond acceptors (Lipinski definition) is 4. The van der Waals surface area contributed by atoms with Gasteiger partial charge in [-0.25, -0.2) is 8.42 Å². The Labute approximate surface area is 188 Å². The highest BCUT2D eigenvalue weighted by Crippen LogP contribution is 2.19. The van der Waals surface area contributed by atoms with E-state index in [0.717, 1.165) is 5.56 Å². The smallest absolute Gasteiger partial charge is 0.253 e. The number of benzene rings is 3. The molecule has 0 unspecified atom stereocenters. The maximum Gasteiger partial charge on any atom is 0.253 e. The second-order valence-corrected chi connectivity index (χ2v) is 9.72. The summed E-state index contributed by atoms with van der Waals surface area (Å²) in [5.41, 5.74) is 2.58. The van der Waals surface area contributed by atoms with E-state index in [9.17, 15) is 18.0 Å². The third kappa shape index (κ3) is 4.49. The molecule has 1 aliphatic heterocycles. The number of carbonyl (C=O) groups excluding carboxylic acids is 2. The van der Waals surface area contributed by atoms with Crippen LogP contribution in [0.15, 0.2) is 83.8 Å². The normalized spacial score (nSPS) is 14.8. The number of ketones is 1. The van der Waals surface area contributed by atoms with Crippen LogP contribution >= 0.6 is 0 Å². The number of aryl methyl sites for hydroxylation is 1. The zero-order valence-corrected chi connectivity index (χ0v) is 18.6. The summed E-state index contributed by atoms with van der Waals surface area (Å²) in [4.78, 5) is 27.3. The molecule has 1 saturated heterocycles. The van der Waals surface area contributed by atoms with E-state index in [1.54, 1.807) is 65.6 Å². The molecule has 0 radical (unpaired) electrons. The Bertz CT molecular complexity index is 1210. The molecule has 1 aliphatic rings. The van der Waals surface area contributed by atoms with E-state index in [-0.39, 0.29) is 29.7 Å².